The lowest BCUT2D eigenvalue weighted by molar-refractivity contribution is 0.281. The van der Waals surface area contributed by atoms with Gasteiger partial charge in [-0.15, -0.1) is 0 Å². The molecule has 0 spiro atoms. The number of hydrogen-bond acceptors (Lipinski definition) is 1. The molecule has 0 amide bonds. The van der Waals surface area contributed by atoms with Crippen LogP contribution in [0.2, 0.25) is 0 Å². The van der Waals surface area contributed by atoms with Crippen molar-refractivity contribution in [3.05, 3.63) is 0 Å². The van der Waals surface area contributed by atoms with Crippen molar-refractivity contribution in [1.82, 2.24) is 5.32 Å². The molecular weight excluding hydrogens is 158 g/mol. The van der Waals surface area contributed by atoms with Crippen molar-refractivity contribution < 1.29 is 0 Å². The number of hydrogen-bond donors (Lipinski definition) is 1. The van der Waals surface area contributed by atoms with Crippen molar-refractivity contribution in [3.8, 4) is 0 Å². The number of rotatable bonds is 6. The highest BCUT2D eigenvalue weighted by atomic mass is 14.9. The second-order valence-corrected chi connectivity index (χ2v) is 4.99. The molecule has 0 heterocycles. The van der Waals surface area contributed by atoms with Gasteiger partial charge < -0.3 is 5.32 Å². The summed E-state index contributed by atoms with van der Waals surface area (Å²) in [4.78, 5) is 0. The van der Waals surface area contributed by atoms with E-state index in [1.807, 2.05) is 0 Å². The van der Waals surface area contributed by atoms with Gasteiger partial charge in [-0.2, -0.15) is 0 Å². The summed E-state index contributed by atoms with van der Waals surface area (Å²) >= 11 is 0. The third-order valence-corrected chi connectivity index (χ3v) is 3.73. The van der Waals surface area contributed by atoms with Crippen molar-refractivity contribution >= 4 is 0 Å². The van der Waals surface area contributed by atoms with E-state index in [9.17, 15) is 0 Å². The first-order valence-electron chi connectivity index (χ1n) is 6.12. The van der Waals surface area contributed by atoms with Crippen LogP contribution in [0.5, 0.6) is 0 Å². The second kappa shape index (κ2) is 4.45. The van der Waals surface area contributed by atoms with Crippen LogP contribution >= 0.6 is 0 Å². The van der Waals surface area contributed by atoms with Gasteiger partial charge in [0.1, 0.15) is 0 Å². The maximum Gasteiger partial charge on any atom is 0.00671 e. The Hall–Kier alpha value is -0.0400. The standard InChI is InChI=1S/C12H23N/c1-2-12(8-10-6-7-10)13-9-11-4-3-5-11/h10-13H,2-9H2,1H3. The van der Waals surface area contributed by atoms with Crippen LogP contribution in [-0.2, 0) is 0 Å². The maximum absolute atomic E-state index is 3.74. The molecule has 2 fully saturated rings. The highest BCUT2D eigenvalue weighted by Crippen LogP contribution is 2.34. The minimum absolute atomic E-state index is 0.827. The summed E-state index contributed by atoms with van der Waals surface area (Å²) < 4.78 is 0. The van der Waals surface area contributed by atoms with Crippen LogP contribution in [0.25, 0.3) is 0 Å². The predicted molar refractivity (Wildman–Crippen MR) is 56.8 cm³/mol. The Morgan fingerprint density at radius 2 is 1.92 bits per heavy atom. The fourth-order valence-electron chi connectivity index (χ4n) is 2.18. The van der Waals surface area contributed by atoms with Crippen molar-refractivity contribution in [2.45, 2.75) is 57.9 Å². The fourth-order valence-corrected chi connectivity index (χ4v) is 2.18. The monoisotopic (exact) mass is 181 g/mol. The molecule has 0 bridgehead atoms. The summed E-state index contributed by atoms with van der Waals surface area (Å²) in [5.74, 6) is 2.10. The Morgan fingerprint density at radius 3 is 2.38 bits per heavy atom. The van der Waals surface area contributed by atoms with E-state index in [0.717, 1.165) is 17.9 Å². The molecule has 0 radical (unpaired) electrons. The Labute approximate surface area is 82.3 Å². The molecule has 2 saturated carbocycles. The van der Waals surface area contributed by atoms with Crippen LogP contribution in [0.4, 0.5) is 0 Å². The lowest BCUT2D eigenvalue weighted by Gasteiger charge is -2.28. The van der Waals surface area contributed by atoms with Gasteiger partial charge in [-0.1, -0.05) is 26.2 Å². The van der Waals surface area contributed by atoms with E-state index in [2.05, 4.69) is 12.2 Å². The van der Waals surface area contributed by atoms with Crippen LogP contribution in [0, 0.1) is 11.8 Å². The van der Waals surface area contributed by atoms with Crippen LogP contribution < -0.4 is 5.32 Å². The SMILES string of the molecule is CCC(CC1CC1)NCC1CCC1. The van der Waals surface area contributed by atoms with Gasteiger partial charge in [-0.25, -0.2) is 0 Å². The average Bonchev–Trinajstić information content (AvgIpc) is 2.83. The molecule has 13 heavy (non-hydrogen) atoms. The van der Waals surface area contributed by atoms with Crippen LogP contribution in [0.1, 0.15) is 51.9 Å². The molecular formula is C12H23N. The van der Waals surface area contributed by atoms with E-state index in [1.54, 1.807) is 0 Å². The van der Waals surface area contributed by atoms with Gasteiger partial charge in [0.05, 0.1) is 0 Å². The Bertz CT molecular complexity index is 147. The van der Waals surface area contributed by atoms with E-state index in [4.69, 9.17) is 0 Å². The molecule has 1 atom stereocenters. The molecule has 1 N–H and O–H groups in total. The van der Waals surface area contributed by atoms with E-state index in [1.165, 1.54) is 51.5 Å². The van der Waals surface area contributed by atoms with Gasteiger partial charge in [-0.3, -0.25) is 0 Å². The third-order valence-electron chi connectivity index (χ3n) is 3.73. The first-order chi connectivity index (χ1) is 6.38. The van der Waals surface area contributed by atoms with Gasteiger partial charge in [0, 0.05) is 6.04 Å². The molecule has 0 saturated heterocycles. The molecule has 1 nitrogen and oxygen atoms in total. The molecule has 2 aliphatic rings. The summed E-state index contributed by atoms with van der Waals surface area (Å²) in [5, 5.41) is 3.74. The van der Waals surface area contributed by atoms with Crippen molar-refractivity contribution in [1.29, 1.82) is 0 Å². The summed E-state index contributed by atoms with van der Waals surface area (Å²) in [5.41, 5.74) is 0. The topological polar surface area (TPSA) is 12.0 Å². The Balaban J connectivity index is 1.58. The van der Waals surface area contributed by atoms with Crippen molar-refractivity contribution in [2.24, 2.45) is 11.8 Å². The molecule has 76 valence electrons. The van der Waals surface area contributed by atoms with Gasteiger partial charge >= 0.3 is 0 Å². The summed E-state index contributed by atoms with van der Waals surface area (Å²) in [7, 11) is 0. The lowest BCUT2D eigenvalue weighted by atomic mass is 9.85. The lowest BCUT2D eigenvalue weighted by Crippen LogP contribution is -2.35. The zero-order valence-corrected chi connectivity index (χ0v) is 8.89. The first-order valence-corrected chi connectivity index (χ1v) is 6.12. The zero-order chi connectivity index (χ0) is 9.10. The average molecular weight is 181 g/mol. The van der Waals surface area contributed by atoms with Gasteiger partial charge in [0.15, 0.2) is 0 Å². The van der Waals surface area contributed by atoms with Crippen LogP contribution in [-0.4, -0.2) is 12.6 Å². The zero-order valence-electron chi connectivity index (χ0n) is 8.89. The van der Waals surface area contributed by atoms with Crippen LogP contribution in [0.3, 0.4) is 0 Å². The number of nitrogens with one attached hydrogen (secondary N) is 1. The smallest absolute Gasteiger partial charge is 0.00671 e. The molecule has 0 aliphatic heterocycles. The Morgan fingerprint density at radius 1 is 1.15 bits per heavy atom. The Kier molecular flexibility index (Phi) is 3.26. The summed E-state index contributed by atoms with van der Waals surface area (Å²) in [6.07, 6.45) is 10.2. The van der Waals surface area contributed by atoms with E-state index >= 15 is 0 Å². The van der Waals surface area contributed by atoms with E-state index in [-0.39, 0.29) is 0 Å². The van der Waals surface area contributed by atoms with Gasteiger partial charge in [0.25, 0.3) is 0 Å². The van der Waals surface area contributed by atoms with Gasteiger partial charge in [0.2, 0.25) is 0 Å². The molecule has 1 heteroatoms. The molecule has 0 aromatic rings. The largest absolute Gasteiger partial charge is 0.314 e. The van der Waals surface area contributed by atoms with E-state index < -0.39 is 0 Å². The minimum Gasteiger partial charge on any atom is -0.314 e. The van der Waals surface area contributed by atoms with E-state index in [0.29, 0.717) is 0 Å². The van der Waals surface area contributed by atoms with Crippen molar-refractivity contribution in [2.75, 3.05) is 6.54 Å². The van der Waals surface area contributed by atoms with Crippen molar-refractivity contribution in [3.63, 3.8) is 0 Å². The third kappa shape index (κ3) is 2.98. The van der Waals surface area contributed by atoms with Crippen LogP contribution in [0.15, 0.2) is 0 Å². The van der Waals surface area contributed by atoms with Gasteiger partial charge in [-0.05, 0) is 44.1 Å². The predicted octanol–water partition coefficient (Wildman–Crippen LogP) is 2.95. The normalized spacial score (nSPS) is 25.6. The summed E-state index contributed by atoms with van der Waals surface area (Å²) in [6, 6.07) is 0.827. The highest BCUT2D eigenvalue weighted by Gasteiger charge is 2.25. The quantitative estimate of drug-likeness (QED) is 0.664. The second-order valence-electron chi connectivity index (χ2n) is 4.99. The minimum atomic E-state index is 0.827. The maximum atomic E-state index is 3.74. The first kappa shape index (κ1) is 9.51. The highest BCUT2D eigenvalue weighted by molar-refractivity contribution is 4.81. The fraction of sp³-hybridized carbons (Fsp3) is 1.00. The summed E-state index contributed by atoms with van der Waals surface area (Å²) in [6.45, 7) is 3.62. The molecule has 2 rings (SSSR count). The molecule has 1 unspecified atom stereocenters. The molecule has 0 aromatic heterocycles. The molecule has 0 aromatic carbocycles. The molecule has 2 aliphatic carbocycles.